The number of rotatable bonds is 5. The summed E-state index contributed by atoms with van der Waals surface area (Å²) >= 11 is 0. The molecular weight excluding hydrogens is 298 g/mol. The molecular formula is C13H17NO6S. The number of carbonyl (C=O) groups is 1. The van der Waals surface area contributed by atoms with Gasteiger partial charge in [0.2, 0.25) is 10.0 Å². The van der Waals surface area contributed by atoms with Crippen LogP contribution in [0.4, 0.5) is 0 Å². The van der Waals surface area contributed by atoms with Crippen LogP contribution in [-0.2, 0) is 10.0 Å². The molecule has 2 N–H and O–H groups in total. The molecule has 1 aromatic carbocycles. The summed E-state index contributed by atoms with van der Waals surface area (Å²) in [5.41, 5.74) is -0.197. The van der Waals surface area contributed by atoms with E-state index in [1.807, 2.05) is 0 Å². The molecule has 0 radical (unpaired) electrons. The average molecular weight is 315 g/mol. The number of aliphatic hydroxyl groups excluding tert-OH is 1. The Labute approximate surface area is 122 Å². The highest BCUT2D eigenvalue weighted by molar-refractivity contribution is 7.89. The van der Waals surface area contributed by atoms with Crippen molar-refractivity contribution in [3.05, 3.63) is 23.8 Å². The van der Waals surface area contributed by atoms with Gasteiger partial charge in [0, 0.05) is 13.1 Å². The Morgan fingerprint density at radius 3 is 2.71 bits per heavy atom. The first-order chi connectivity index (χ1) is 9.86. The fraction of sp³-hybridized carbons (Fsp3) is 0.462. The minimum absolute atomic E-state index is 0.0257. The van der Waals surface area contributed by atoms with Crippen molar-refractivity contribution in [2.45, 2.75) is 24.3 Å². The minimum Gasteiger partial charge on any atom is -0.493 e. The largest absolute Gasteiger partial charge is 0.493 e. The van der Waals surface area contributed by atoms with E-state index in [1.54, 1.807) is 6.92 Å². The molecule has 1 fully saturated rings. The number of aromatic carboxylic acids is 1. The number of hydrogen-bond acceptors (Lipinski definition) is 5. The van der Waals surface area contributed by atoms with Crippen molar-refractivity contribution in [2.24, 2.45) is 0 Å². The van der Waals surface area contributed by atoms with Crippen LogP contribution < -0.4 is 4.74 Å². The number of benzene rings is 1. The van der Waals surface area contributed by atoms with E-state index in [0.717, 1.165) is 10.4 Å². The molecule has 21 heavy (non-hydrogen) atoms. The lowest BCUT2D eigenvalue weighted by atomic mass is 10.2. The van der Waals surface area contributed by atoms with E-state index in [4.69, 9.17) is 9.84 Å². The maximum Gasteiger partial charge on any atom is 0.339 e. The van der Waals surface area contributed by atoms with Crippen molar-refractivity contribution in [1.82, 2.24) is 4.31 Å². The molecule has 2 rings (SSSR count). The smallest absolute Gasteiger partial charge is 0.339 e. The molecule has 0 bridgehead atoms. The molecule has 0 aliphatic carbocycles. The van der Waals surface area contributed by atoms with Crippen LogP contribution in [0.3, 0.4) is 0 Å². The summed E-state index contributed by atoms with van der Waals surface area (Å²) < 4.78 is 31.1. The van der Waals surface area contributed by atoms with Gasteiger partial charge in [-0.15, -0.1) is 0 Å². The lowest BCUT2D eigenvalue weighted by Crippen LogP contribution is -2.29. The molecule has 8 heteroatoms. The van der Waals surface area contributed by atoms with Crippen LogP contribution in [0.25, 0.3) is 0 Å². The Hall–Kier alpha value is -1.64. The Morgan fingerprint density at radius 1 is 1.48 bits per heavy atom. The summed E-state index contributed by atoms with van der Waals surface area (Å²) in [5, 5.41) is 18.6. The molecule has 1 aliphatic rings. The second-order valence-corrected chi connectivity index (χ2v) is 6.64. The second-order valence-electron chi connectivity index (χ2n) is 4.70. The maximum atomic E-state index is 12.4. The first-order valence-corrected chi connectivity index (χ1v) is 7.98. The highest BCUT2D eigenvalue weighted by atomic mass is 32.2. The molecule has 1 saturated heterocycles. The molecule has 0 aromatic heterocycles. The predicted molar refractivity (Wildman–Crippen MR) is 74.0 cm³/mol. The van der Waals surface area contributed by atoms with Crippen molar-refractivity contribution in [1.29, 1.82) is 0 Å². The molecule has 0 amide bonds. The van der Waals surface area contributed by atoms with Crippen LogP contribution in [0.1, 0.15) is 23.7 Å². The summed E-state index contributed by atoms with van der Waals surface area (Å²) in [6.07, 6.45) is -0.302. The quantitative estimate of drug-likeness (QED) is 0.822. The van der Waals surface area contributed by atoms with Gasteiger partial charge in [0.25, 0.3) is 0 Å². The maximum absolute atomic E-state index is 12.4. The second kappa shape index (κ2) is 6.00. The molecule has 1 unspecified atom stereocenters. The van der Waals surface area contributed by atoms with Crippen LogP contribution in [0.15, 0.2) is 23.1 Å². The van der Waals surface area contributed by atoms with Crippen LogP contribution >= 0.6 is 0 Å². The monoisotopic (exact) mass is 315 g/mol. The van der Waals surface area contributed by atoms with Crippen LogP contribution in [0.2, 0.25) is 0 Å². The van der Waals surface area contributed by atoms with Gasteiger partial charge in [-0.1, -0.05) is 0 Å². The van der Waals surface area contributed by atoms with Gasteiger partial charge in [0.05, 0.1) is 17.6 Å². The highest BCUT2D eigenvalue weighted by Crippen LogP contribution is 2.26. The normalized spacial score (nSPS) is 19.6. The molecule has 0 spiro atoms. The van der Waals surface area contributed by atoms with E-state index in [1.165, 1.54) is 12.1 Å². The SMILES string of the molecule is CCOc1ccc(S(=O)(=O)N2CCC(O)C2)cc1C(=O)O. The van der Waals surface area contributed by atoms with Gasteiger partial charge < -0.3 is 14.9 Å². The summed E-state index contributed by atoms with van der Waals surface area (Å²) in [5.74, 6) is -1.12. The third kappa shape index (κ3) is 3.17. The van der Waals surface area contributed by atoms with Gasteiger partial charge in [-0.3, -0.25) is 0 Å². The molecule has 116 valence electrons. The van der Waals surface area contributed by atoms with Crippen LogP contribution in [0.5, 0.6) is 5.75 Å². The molecule has 0 saturated carbocycles. The van der Waals surface area contributed by atoms with Crippen LogP contribution in [0, 0.1) is 0 Å². The number of ether oxygens (including phenoxy) is 1. The number of carboxylic acids is 1. The average Bonchev–Trinajstić information content (AvgIpc) is 2.86. The minimum atomic E-state index is -3.80. The van der Waals surface area contributed by atoms with Gasteiger partial charge in [-0.05, 0) is 31.5 Å². The first kappa shape index (κ1) is 15.7. The topological polar surface area (TPSA) is 104 Å². The third-order valence-electron chi connectivity index (χ3n) is 3.25. The Balaban J connectivity index is 2.40. The standard InChI is InChI=1S/C13H17NO6S/c1-2-20-12-4-3-10(7-11(12)13(16)17)21(18,19)14-6-5-9(15)8-14/h3-4,7,9,15H,2,5-6,8H2,1H3,(H,16,17). The number of aliphatic hydroxyl groups is 1. The summed E-state index contributed by atoms with van der Waals surface area (Å²) in [6.45, 7) is 2.24. The fourth-order valence-corrected chi connectivity index (χ4v) is 3.72. The van der Waals surface area contributed by atoms with E-state index in [0.29, 0.717) is 6.42 Å². The molecule has 1 aliphatic heterocycles. The van der Waals surface area contributed by atoms with Crippen molar-refractivity contribution >= 4 is 16.0 Å². The Kier molecular flexibility index (Phi) is 4.50. The van der Waals surface area contributed by atoms with Gasteiger partial charge in [0.1, 0.15) is 11.3 Å². The van der Waals surface area contributed by atoms with E-state index in [2.05, 4.69) is 0 Å². The number of hydrogen-bond donors (Lipinski definition) is 2. The third-order valence-corrected chi connectivity index (χ3v) is 5.11. The van der Waals surface area contributed by atoms with Crippen molar-refractivity contribution in [2.75, 3.05) is 19.7 Å². The van der Waals surface area contributed by atoms with E-state index < -0.39 is 22.1 Å². The molecule has 7 nitrogen and oxygen atoms in total. The van der Waals surface area contributed by atoms with Gasteiger partial charge in [-0.2, -0.15) is 4.31 Å². The lowest BCUT2D eigenvalue weighted by molar-refractivity contribution is 0.0692. The van der Waals surface area contributed by atoms with E-state index >= 15 is 0 Å². The van der Waals surface area contributed by atoms with Crippen LogP contribution in [-0.4, -0.2) is 54.7 Å². The summed E-state index contributed by atoms with van der Waals surface area (Å²) in [4.78, 5) is 11.1. The number of nitrogens with zero attached hydrogens (tertiary/aromatic N) is 1. The summed E-state index contributed by atoms with van der Waals surface area (Å²) in [7, 11) is -3.80. The Morgan fingerprint density at radius 2 is 2.19 bits per heavy atom. The van der Waals surface area contributed by atoms with Gasteiger partial charge in [0.15, 0.2) is 0 Å². The van der Waals surface area contributed by atoms with Crippen molar-refractivity contribution in [3.63, 3.8) is 0 Å². The number of carboxylic acid groups (broad SMARTS) is 1. The zero-order valence-corrected chi connectivity index (χ0v) is 12.3. The zero-order valence-electron chi connectivity index (χ0n) is 11.5. The van der Waals surface area contributed by atoms with Gasteiger partial charge in [-0.25, -0.2) is 13.2 Å². The highest BCUT2D eigenvalue weighted by Gasteiger charge is 2.32. The van der Waals surface area contributed by atoms with E-state index in [9.17, 15) is 18.3 Å². The zero-order chi connectivity index (χ0) is 15.6. The fourth-order valence-electron chi connectivity index (χ4n) is 2.20. The number of sulfonamides is 1. The molecule has 1 heterocycles. The molecule has 1 aromatic rings. The van der Waals surface area contributed by atoms with Crippen molar-refractivity contribution in [3.8, 4) is 5.75 Å². The first-order valence-electron chi connectivity index (χ1n) is 6.54. The molecule has 1 atom stereocenters. The van der Waals surface area contributed by atoms with E-state index in [-0.39, 0.29) is 35.9 Å². The lowest BCUT2D eigenvalue weighted by Gasteiger charge is -2.17. The van der Waals surface area contributed by atoms with Crippen molar-refractivity contribution < 1.29 is 28.2 Å². The summed E-state index contributed by atoms with van der Waals surface area (Å²) in [6, 6.07) is 3.75. The Bertz CT molecular complexity index is 642. The van der Waals surface area contributed by atoms with Gasteiger partial charge >= 0.3 is 5.97 Å². The number of β-amino-alcohol motifs (C(OH)–C–C–N with tert-alkyl or cyclic N) is 1. The predicted octanol–water partition coefficient (Wildman–Crippen LogP) is 0.539.